The Hall–Kier alpha value is -3.55. The molecule has 1 aliphatic carbocycles. The quantitative estimate of drug-likeness (QED) is 0.121. The van der Waals surface area contributed by atoms with Crippen LogP contribution in [0.3, 0.4) is 0 Å². The van der Waals surface area contributed by atoms with Gasteiger partial charge < -0.3 is 74.4 Å². The Balaban J connectivity index is 1.64. The topological polar surface area (TPSA) is 269 Å². The van der Waals surface area contributed by atoms with E-state index in [-0.39, 0.29) is 34.1 Å². The third-order valence-corrected chi connectivity index (χ3v) is 7.23. The van der Waals surface area contributed by atoms with E-state index >= 15 is 0 Å². The molecule has 5 rings (SSSR count). The molecule has 10 N–H and O–H groups in total. The predicted octanol–water partition coefficient (Wildman–Crippen LogP) is -2.82. The van der Waals surface area contributed by atoms with Crippen molar-refractivity contribution in [1.29, 1.82) is 0 Å². The van der Waals surface area contributed by atoms with Crippen molar-refractivity contribution in [2.75, 3.05) is 13.2 Å². The third kappa shape index (κ3) is 5.85. The summed E-state index contributed by atoms with van der Waals surface area (Å²) in [6.07, 6.45) is -16.6. The highest BCUT2D eigenvalue weighted by Crippen LogP contribution is 2.44. The third-order valence-electron chi connectivity index (χ3n) is 7.23. The van der Waals surface area contributed by atoms with Gasteiger partial charge in [0.15, 0.2) is 53.2 Å². The minimum atomic E-state index is -1.84. The molecule has 0 radical (unpaired) electrons. The number of ether oxygens (including phenoxy) is 4. The number of hydrogen-bond acceptors (Lipinski definition) is 16. The van der Waals surface area contributed by atoms with Crippen molar-refractivity contribution in [2.45, 2.75) is 61.4 Å². The Labute approximate surface area is 241 Å². The molecule has 4 aliphatic rings. The lowest BCUT2D eigenvalue weighted by atomic mass is 9.98. The van der Waals surface area contributed by atoms with Crippen LogP contribution in [0.15, 0.2) is 45.6 Å². The number of aliphatic hydroxyl groups excluding tert-OH is 8. The van der Waals surface area contributed by atoms with E-state index in [1.54, 1.807) is 0 Å². The van der Waals surface area contributed by atoms with E-state index in [2.05, 4.69) is 0 Å². The molecule has 0 spiro atoms. The van der Waals surface area contributed by atoms with E-state index in [9.17, 15) is 55.9 Å². The van der Waals surface area contributed by atoms with Gasteiger partial charge in [-0.05, 0) is 24.3 Å². The van der Waals surface area contributed by atoms with Crippen LogP contribution in [-0.2, 0) is 9.47 Å². The second-order valence-electron chi connectivity index (χ2n) is 10.1. The second kappa shape index (κ2) is 12.2. The van der Waals surface area contributed by atoms with Gasteiger partial charge >= 0.3 is 0 Å². The van der Waals surface area contributed by atoms with Crippen molar-refractivity contribution in [2.24, 2.45) is 0 Å². The van der Waals surface area contributed by atoms with Crippen LogP contribution in [0.2, 0.25) is 0 Å². The SMILES string of the molecule is O=c1cc2oc(-c3ccc(O)c(O)c3)c(OC3C(CO)OC(O)C(O)C3O)cc-2c(OC2C(CO)OC(O)C(O)C2O)c1. The fourth-order valence-corrected chi connectivity index (χ4v) is 4.93. The van der Waals surface area contributed by atoms with E-state index in [0.29, 0.717) is 0 Å². The van der Waals surface area contributed by atoms with Gasteiger partial charge in [0.2, 0.25) is 0 Å². The summed E-state index contributed by atoms with van der Waals surface area (Å²) in [5.41, 5.74) is -0.523. The van der Waals surface area contributed by atoms with Crippen LogP contribution >= 0.6 is 0 Å². The van der Waals surface area contributed by atoms with E-state index in [1.807, 2.05) is 0 Å². The summed E-state index contributed by atoms with van der Waals surface area (Å²) < 4.78 is 28.0. The number of fused-ring (bicyclic) bond motifs is 1. The van der Waals surface area contributed by atoms with E-state index in [0.717, 1.165) is 24.3 Å². The number of hydrogen-bond donors (Lipinski definition) is 10. The van der Waals surface area contributed by atoms with Crippen molar-refractivity contribution in [3.63, 3.8) is 0 Å². The molecule has 16 heteroatoms. The van der Waals surface area contributed by atoms with Gasteiger partial charge in [-0.25, -0.2) is 0 Å². The molecule has 1 aromatic carbocycles. The molecular formula is C27H30O16. The van der Waals surface area contributed by atoms with Crippen molar-refractivity contribution in [3.05, 3.63) is 46.6 Å². The zero-order valence-electron chi connectivity index (χ0n) is 22.1. The summed E-state index contributed by atoms with van der Waals surface area (Å²) >= 11 is 0. The van der Waals surface area contributed by atoms with Crippen molar-refractivity contribution in [3.8, 4) is 45.6 Å². The van der Waals surface area contributed by atoms with E-state index in [4.69, 9.17) is 23.4 Å². The number of aliphatic hydroxyl groups is 8. The fourth-order valence-electron chi connectivity index (χ4n) is 4.93. The summed E-state index contributed by atoms with van der Waals surface area (Å²) in [4.78, 5) is 12.6. The van der Waals surface area contributed by atoms with Crippen molar-refractivity contribution >= 4 is 0 Å². The zero-order chi connectivity index (χ0) is 31.2. The molecule has 10 unspecified atom stereocenters. The van der Waals surface area contributed by atoms with Crippen LogP contribution in [0.25, 0.3) is 22.6 Å². The molecule has 1 aromatic rings. The fraction of sp³-hybridized carbons (Fsp3) is 0.444. The highest BCUT2D eigenvalue weighted by Gasteiger charge is 2.47. The number of phenolic OH excluding ortho intramolecular Hbond substituents is 2. The number of rotatable bonds is 7. The Morgan fingerprint density at radius 1 is 0.674 bits per heavy atom. The second-order valence-corrected chi connectivity index (χ2v) is 10.1. The number of benzene rings is 2. The molecule has 2 saturated heterocycles. The molecule has 43 heavy (non-hydrogen) atoms. The molecule has 2 fully saturated rings. The van der Waals surface area contributed by atoms with Gasteiger partial charge in [-0.15, -0.1) is 0 Å². The maximum atomic E-state index is 12.6. The summed E-state index contributed by atoms with van der Waals surface area (Å²) in [5.74, 6) is -1.78. The highest BCUT2D eigenvalue weighted by molar-refractivity contribution is 5.76. The van der Waals surface area contributed by atoms with Gasteiger partial charge in [0, 0.05) is 17.7 Å². The highest BCUT2D eigenvalue weighted by atomic mass is 16.7. The minimum absolute atomic E-state index is 0.0122. The van der Waals surface area contributed by atoms with E-state index in [1.165, 1.54) is 12.1 Å². The lowest BCUT2D eigenvalue weighted by molar-refractivity contribution is -0.282. The maximum absolute atomic E-state index is 12.6. The lowest BCUT2D eigenvalue weighted by Crippen LogP contribution is -2.60. The molecule has 3 heterocycles. The van der Waals surface area contributed by atoms with Crippen LogP contribution < -0.4 is 14.9 Å². The van der Waals surface area contributed by atoms with Crippen LogP contribution in [0, 0.1) is 0 Å². The molecule has 0 amide bonds. The normalized spacial score (nSPS) is 32.9. The van der Waals surface area contributed by atoms with Gasteiger partial charge in [0.1, 0.15) is 48.1 Å². The first kappa shape index (κ1) is 30.9. The molecule has 0 aromatic heterocycles. The van der Waals surface area contributed by atoms with Crippen molar-refractivity contribution in [1.82, 2.24) is 0 Å². The molecule has 0 bridgehead atoms. The molecule has 16 nitrogen and oxygen atoms in total. The monoisotopic (exact) mass is 610 g/mol. The van der Waals surface area contributed by atoms with Gasteiger partial charge in [-0.2, -0.15) is 0 Å². The van der Waals surface area contributed by atoms with Crippen LogP contribution in [0.5, 0.6) is 23.0 Å². The van der Waals surface area contributed by atoms with Crippen molar-refractivity contribution < 1.29 is 74.4 Å². The summed E-state index contributed by atoms with van der Waals surface area (Å²) in [7, 11) is 0. The summed E-state index contributed by atoms with van der Waals surface area (Å²) in [6, 6.07) is 6.91. The molecule has 0 saturated carbocycles. The minimum Gasteiger partial charge on any atom is -0.504 e. The van der Waals surface area contributed by atoms with E-state index < -0.39 is 91.6 Å². The molecule has 234 valence electrons. The summed E-state index contributed by atoms with van der Waals surface area (Å²) in [6.45, 7) is -1.50. The Morgan fingerprint density at radius 3 is 1.77 bits per heavy atom. The molecular weight excluding hydrogens is 580 g/mol. The molecule has 10 atom stereocenters. The average Bonchev–Trinajstić information content (AvgIpc) is 2.98. The van der Waals surface area contributed by atoms with Crippen LogP contribution in [-0.4, -0.2) is 126 Å². The van der Waals surface area contributed by atoms with Crippen LogP contribution in [0.4, 0.5) is 0 Å². The largest absolute Gasteiger partial charge is 0.504 e. The maximum Gasteiger partial charge on any atom is 0.186 e. The van der Waals surface area contributed by atoms with Gasteiger partial charge in [0.05, 0.1) is 18.8 Å². The lowest BCUT2D eigenvalue weighted by Gasteiger charge is -2.40. The molecule has 3 aliphatic heterocycles. The van der Waals surface area contributed by atoms with Gasteiger partial charge in [-0.3, -0.25) is 4.79 Å². The average molecular weight is 611 g/mol. The Bertz CT molecular complexity index is 1460. The van der Waals surface area contributed by atoms with Gasteiger partial charge in [0.25, 0.3) is 0 Å². The first-order valence-corrected chi connectivity index (χ1v) is 13.0. The summed E-state index contributed by atoms with van der Waals surface area (Å²) in [5, 5.41) is 101. The zero-order valence-corrected chi connectivity index (χ0v) is 22.1. The first-order chi connectivity index (χ1) is 20.4. The number of phenols is 2. The first-order valence-electron chi connectivity index (χ1n) is 13.0. The number of aromatic hydroxyl groups is 2. The van der Waals surface area contributed by atoms with Crippen LogP contribution in [0.1, 0.15) is 0 Å². The smallest absolute Gasteiger partial charge is 0.186 e. The Morgan fingerprint density at radius 2 is 1.23 bits per heavy atom. The van der Waals surface area contributed by atoms with Gasteiger partial charge in [-0.1, -0.05) is 0 Å². The predicted molar refractivity (Wildman–Crippen MR) is 139 cm³/mol. The standard InChI is InChI=1S/C27H30O16/c28-7-17-24(19(33)21(35)26(37)42-17)40-15-5-10(30)4-14-11(15)6-16(23(39-14)9-1-2-12(31)13(32)3-9)41-25-18(8-29)43-27(38)22(36)20(25)34/h1-6,17-22,24-29,31-38H,7-8H2. The Kier molecular flexibility index (Phi) is 8.77.